The van der Waals surface area contributed by atoms with E-state index in [0.717, 1.165) is 18.8 Å². The van der Waals surface area contributed by atoms with E-state index >= 15 is 0 Å². The number of H-pyrrole nitrogens is 1. The molecule has 1 rings (SSSR count). The van der Waals surface area contributed by atoms with Crippen molar-refractivity contribution in [1.29, 1.82) is 0 Å². The maximum absolute atomic E-state index is 11.9. The molecule has 0 saturated carbocycles. The largest absolute Gasteiger partial charge is 0.380 e. The van der Waals surface area contributed by atoms with E-state index in [2.05, 4.69) is 29.1 Å². The molecule has 0 radical (unpaired) electrons. The summed E-state index contributed by atoms with van der Waals surface area (Å²) in [4.78, 5) is 18.9. The zero-order valence-electron chi connectivity index (χ0n) is 12.5. The zero-order valence-corrected chi connectivity index (χ0v) is 12.5. The third kappa shape index (κ3) is 5.12. The van der Waals surface area contributed by atoms with Crippen LogP contribution in [0.4, 0.5) is 0 Å². The van der Waals surface area contributed by atoms with Crippen LogP contribution in [0.2, 0.25) is 0 Å². The highest BCUT2D eigenvalue weighted by atomic mass is 16.5. The molecule has 1 aromatic heterocycles. The Kier molecular flexibility index (Phi) is 6.18. The normalized spacial score (nSPS) is 12.9. The number of nitrogens with zero attached hydrogens (tertiary/aromatic N) is 1. The molecule has 5 nitrogen and oxygen atoms in total. The Bertz CT molecular complexity index is 454. The maximum atomic E-state index is 11.9. The Morgan fingerprint density at radius 3 is 2.58 bits per heavy atom. The smallest absolute Gasteiger partial charge is 0.255 e. The van der Waals surface area contributed by atoms with Gasteiger partial charge in [0.1, 0.15) is 5.82 Å². The summed E-state index contributed by atoms with van der Waals surface area (Å²) in [7, 11) is 0. The van der Waals surface area contributed by atoms with Gasteiger partial charge < -0.3 is 15.0 Å². The van der Waals surface area contributed by atoms with E-state index < -0.39 is 0 Å². The number of hydrogen-bond donors (Lipinski definition) is 2. The summed E-state index contributed by atoms with van der Waals surface area (Å²) in [6.45, 7) is 12.0. The highest BCUT2D eigenvalue weighted by Gasteiger charge is 2.13. The van der Waals surface area contributed by atoms with Crippen molar-refractivity contribution in [3.63, 3.8) is 0 Å². The Balaban J connectivity index is 2.50. The van der Waals surface area contributed by atoms with Gasteiger partial charge in [0.25, 0.3) is 5.56 Å². The molecule has 0 bridgehead atoms. The second-order valence-electron chi connectivity index (χ2n) is 5.29. The van der Waals surface area contributed by atoms with E-state index in [1.807, 2.05) is 13.8 Å². The van der Waals surface area contributed by atoms with Crippen LogP contribution in [0.1, 0.15) is 43.9 Å². The number of rotatable bonds is 7. The molecule has 19 heavy (non-hydrogen) atoms. The molecule has 0 spiro atoms. The van der Waals surface area contributed by atoms with Crippen molar-refractivity contribution in [3.8, 4) is 0 Å². The van der Waals surface area contributed by atoms with E-state index in [1.54, 1.807) is 6.92 Å². The SMILES string of the molecule is Cc1nc(C)c(C(C)NCCOCC(C)C)c(=O)[nH]1. The molecule has 0 aliphatic carbocycles. The first-order valence-electron chi connectivity index (χ1n) is 6.80. The molecule has 1 aromatic rings. The van der Waals surface area contributed by atoms with Crippen LogP contribution in [0.25, 0.3) is 0 Å². The summed E-state index contributed by atoms with van der Waals surface area (Å²) < 4.78 is 5.50. The van der Waals surface area contributed by atoms with Crippen molar-refractivity contribution in [3.05, 3.63) is 27.4 Å². The van der Waals surface area contributed by atoms with Crippen LogP contribution in [0.3, 0.4) is 0 Å². The number of aromatic amines is 1. The van der Waals surface area contributed by atoms with Crippen molar-refractivity contribution in [1.82, 2.24) is 15.3 Å². The molecule has 1 atom stereocenters. The molecule has 0 aliphatic heterocycles. The Hall–Kier alpha value is -1.20. The van der Waals surface area contributed by atoms with Crippen molar-refractivity contribution < 1.29 is 4.74 Å². The molecular formula is C14H25N3O2. The van der Waals surface area contributed by atoms with E-state index in [1.165, 1.54) is 0 Å². The number of hydrogen-bond acceptors (Lipinski definition) is 4. The standard InChI is InChI=1S/C14H25N3O2/c1-9(2)8-19-7-6-15-10(3)13-11(4)16-12(5)17-14(13)18/h9-10,15H,6-8H2,1-5H3,(H,16,17,18). The highest BCUT2D eigenvalue weighted by Crippen LogP contribution is 2.10. The molecule has 1 heterocycles. The Labute approximate surface area is 114 Å². The third-order valence-electron chi connectivity index (χ3n) is 2.85. The van der Waals surface area contributed by atoms with Gasteiger partial charge in [-0.25, -0.2) is 4.98 Å². The third-order valence-corrected chi connectivity index (χ3v) is 2.85. The first kappa shape index (κ1) is 15.9. The molecule has 1 unspecified atom stereocenters. The number of aryl methyl sites for hydroxylation is 2. The topological polar surface area (TPSA) is 67.0 Å². The average Bonchev–Trinajstić information content (AvgIpc) is 2.26. The van der Waals surface area contributed by atoms with Crippen molar-refractivity contribution in [2.45, 2.75) is 40.7 Å². The number of aromatic nitrogens is 2. The summed E-state index contributed by atoms with van der Waals surface area (Å²) in [5.74, 6) is 1.20. The van der Waals surface area contributed by atoms with Gasteiger partial charge in [0, 0.05) is 24.9 Å². The van der Waals surface area contributed by atoms with Gasteiger partial charge in [0.2, 0.25) is 0 Å². The van der Waals surface area contributed by atoms with Gasteiger partial charge in [-0.2, -0.15) is 0 Å². The molecular weight excluding hydrogens is 242 g/mol. The Morgan fingerprint density at radius 1 is 1.32 bits per heavy atom. The van der Waals surface area contributed by atoms with Gasteiger partial charge in [-0.05, 0) is 26.7 Å². The predicted molar refractivity (Wildman–Crippen MR) is 76.4 cm³/mol. The fraction of sp³-hybridized carbons (Fsp3) is 0.714. The second kappa shape index (κ2) is 7.40. The molecule has 0 amide bonds. The van der Waals surface area contributed by atoms with E-state index in [0.29, 0.717) is 23.9 Å². The fourth-order valence-corrected chi connectivity index (χ4v) is 2.01. The van der Waals surface area contributed by atoms with E-state index in [9.17, 15) is 4.79 Å². The monoisotopic (exact) mass is 267 g/mol. The molecule has 0 fully saturated rings. The number of ether oxygens (including phenoxy) is 1. The highest BCUT2D eigenvalue weighted by molar-refractivity contribution is 5.19. The van der Waals surface area contributed by atoms with Crippen LogP contribution in [0.15, 0.2) is 4.79 Å². The second-order valence-corrected chi connectivity index (χ2v) is 5.29. The summed E-state index contributed by atoms with van der Waals surface area (Å²) in [5, 5.41) is 3.29. The van der Waals surface area contributed by atoms with Gasteiger partial charge in [0.15, 0.2) is 0 Å². The van der Waals surface area contributed by atoms with Gasteiger partial charge in [-0.15, -0.1) is 0 Å². The average molecular weight is 267 g/mol. The van der Waals surface area contributed by atoms with Crippen LogP contribution in [0.5, 0.6) is 0 Å². The summed E-state index contributed by atoms with van der Waals surface area (Å²) in [6.07, 6.45) is 0. The molecule has 0 saturated heterocycles. The van der Waals surface area contributed by atoms with E-state index in [-0.39, 0.29) is 11.6 Å². The summed E-state index contributed by atoms with van der Waals surface area (Å²) in [6, 6.07) is -0.0282. The predicted octanol–water partition coefficient (Wildman–Crippen LogP) is 1.71. The maximum Gasteiger partial charge on any atom is 0.255 e. The van der Waals surface area contributed by atoms with Crippen molar-refractivity contribution >= 4 is 0 Å². The first-order valence-corrected chi connectivity index (χ1v) is 6.80. The van der Waals surface area contributed by atoms with Gasteiger partial charge >= 0.3 is 0 Å². The van der Waals surface area contributed by atoms with Gasteiger partial charge in [-0.1, -0.05) is 13.8 Å². The van der Waals surface area contributed by atoms with Crippen LogP contribution in [0, 0.1) is 19.8 Å². The van der Waals surface area contributed by atoms with Crippen molar-refractivity contribution in [2.75, 3.05) is 19.8 Å². The minimum absolute atomic E-state index is 0.0282. The first-order chi connectivity index (χ1) is 8.91. The van der Waals surface area contributed by atoms with Crippen molar-refractivity contribution in [2.24, 2.45) is 5.92 Å². The van der Waals surface area contributed by atoms with Crippen LogP contribution >= 0.6 is 0 Å². The number of nitrogens with one attached hydrogen (secondary N) is 2. The molecule has 108 valence electrons. The van der Waals surface area contributed by atoms with E-state index in [4.69, 9.17) is 4.74 Å². The quantitative estimate of drug-likeness (QED) is 0.738. The summed E-state index contributed by atoms with van der Waals surface area (Å²) in [5.41, 5.74) is 1.42. The van der Waals surface area contributed by atoms with Crippen LogP contribution in [-0.2, 0) is 4.74 Å². The Morgan fingerprint density at radius 2 is 2.00 bits per heavy atom. The lowest BCUT2D eigenvalue weighted by Gasteiger charge is -2.15. The minimum atomic E-state index is -0.0619. The lowest BCUT2D eigenvalue weighted by molar-refractivity contribution is 0.110. The minimum Gasteiger partial charge on any atom is -0.380 e. The molecule has 5 heteroatoms. The van der Waals surface area contributed by atoms with Crippen LogP contribution in [-0.4, -0.2) is 29.7 Å². The molecule has 0 aliphatic rings. The lowest BCUT2D eigenvalue weighted by atomic mass is 10.1. The lowest BCUT2D eigenvalue weighted by Crippen LogP contribution is -2.30. The van der Waals surface area contributed by atoms with Crippen LogP contribution < -0.4 is 10.9 Å². The summed E-state index contributed by atoms with van der Waals surface area (Å²) >= 11 is 0. The van der Waals surface area contributed by atoms with Gasteiger partial charge in [0.05, 0.1) is 12.2 Å². The fourth-order valence-electron chi connectivity index (χ4n) is 2.01. The zero-order chi connectivity index (χ0) is 14.4. The van der Waals surface area contributed by atoms with Gasteiger partial charge in [-0.3, -0.25) is 4.79 Å². The molecule has 2 N–H and O–H groups in total. The molecule has 0 aromatic carbocycles.